The van der Waals surface area contributed by atoms with E-state index in [4.69, 9.17) is 0 Å². The number of fused-ring (bicyclic) bond motifs is 5. The van der Waals surface area contributed by atoms with E-state index in [-0.39, 0.29) is 39.4 Å². The standard InChI is InChI=1S/C30H52O4/c1-18(2)10-9-13-30(8,34)19-11-15-28(6)24(19)20(31)16-22-27(5)14-12-23(33)26(3,4)25(27)21(32)17-29(22,28)7/h10,19-25,31-34H,9,11-17H2,1-8H3/t19?,20-,21+,22?,23+,24?,25?,27-,28-,29-,30+/m1/s1. The summed E-state index contributed by atoms with van der Waals surface area (Å²) in [6, 6.07) is 0. The summed E-state index contributed by atoms with van der Waals surface area (Å²) >= 11 is 0. The first-order chi connectivity index (χ1) is 15.5. The van der Waals surface area contributed by atoms with Crippen molar-refractivity contribution in [3.8, 4) is 0 Å². The molecule has 34 heavy (non-hydrogen) atoms. The smallest absolute Gasteiger partial charge is 0.0654 e. The fraction of sp³-hybridized carbons (Fsp3) is 0.933. The molecule has 4 unspecified atom stereocenters. The second-order valence-electron chi connectivity index (χ2n) is 14.7. The number of aliphatic hydroxyl groups excluding tert-OH is 3. The molecule has 0 aromatic carbocycles. The average molecular weight is 477 g/mol. The monoisotopic (exact) mass is 476 g/mol. The minimum absolute atomic E-state index is 0.0264. The number of aliphatic hydroxyl groups is 4. The molecular weight excluding hydrogens is 424 g/mol. The van der Waals surface area contributed by atoms with Crippen LogP contribution >= 0.6 is 0 Å². The molecule has 4 fully saturated rings. The Labute approximate surface area is 208 Å². The third kappa shape index (κ3) is 3.60. The van der Waals surface area contributed by atoms with E-state index in [2.05, 4.69) is 54.5 Å². The summed E-state index contributed by atoms with van der Waals surface area (Å²) in [6.07, 6.45) is 7.54. The van der Waals surface area contributed by atoms with E-state index in [1.807, 2.05) is 6.92 Å². The zero-order chi connectivity index (χ0) is 25.5. The Bertz CT molecular complexity index is 813. The van der Waals surface area contributed by atoms with Crippen molar-refractivity contribution in [1.82, 2.24) is 0 Å². The van der Waals surface area contributed by atoms with Gasteiger partial charge in [0.05, 0.1) is 23.9 Å². The Kier molecular flexibility index (Phi) is 6.50. The predicted octanol–water partition coefficient (Wildman–Crippen LogP) is 5.47. The Balaban J connectivity index is 1.70. The molecule has 4 nitrogen and oxygen atoms in total. The van der Waals surface area contributed by atoms with Gasteiger partial charge in [0.15, 0.2) is 0 Å². The first kappa shape index (κ1) is 26.6. The maximum absolute atomic E-state index is 11.8. The van der Waals surface area contributed by atoms with Crippen molar-refractivity contribution >= 4 is 0 Å². The SMILES string of the molecule is CC(C)=CCC[C@](C)(O)C1CC[C@]2(C)C1[C@H](O)CC1[C@@]3(C)CC[C@H](O)C(C)(C)C3[C@@H](O)C[C@]12C. The van der Waals surface area contributed by atoms with Crippen LogP contribution in [0.3, 0.4) is 0 Å². The molecule has 0 aromatic rings. The summed E-state index contributed by atoms with van der Waals surface area (Å²) in [5.74, 6) is 0.442. The lowest BCUT2D eigenvalue weighted by Gasteiger charge is -2.71. The maximum atomic E-state index is 11.8. The molecule has 0 aromatic heterocycles. The Morgan fingerprint density at radius 2 is 1.59 bits per heavy atom. The third-order valence-corrected chi connectivity index (χ3v) is 12.3. The molecule has 0 spiro atoms. The molecule has 4 aliphatic carbocycles. The van der Waals surface area contributed by atoms with Gasteiger partial charge in [0.1, 0.15) is 0 Å². The molecule has 4 N–H and O–H groups in total. The summed E-state index contributed by atoms with van der Waals surface area (Å²) in [7, 11) is 0. The van der Waals surface area contributed by atoms with Crippen LogP contribution in [0.1, 0.15) is 107 Å². The highest BCUT2D eigenvalue weighted by atomic mass is 16.3. The zero-order valence-electron chi connectivity index (χ0n) is 23.1. The van der Waals surface area contributed by atoms with Crippen molar-refractivity contribution in [3.63, 3.8) is 0 Å². The Morgan fingerprint density at radius 1 is 0.941 bits per heavy atom. The molecule has 4 heteroatoms. The molecule has 0 amide bonds. The summed E-state index contributed by atoms with van der Waals surface area (Å²) < 4.78 is 0. The van der Waals surface area contributed by atoms with Gasteiger partial charge in [-0.05, 0) is 117 Å². The van der Waals surface area contributed by atoms with Gasteiger partial charge in [0.25, 0.3) is 0 Å². The lowest BCUT2D eigenvalue weighted by Crippen LogP contribution is -2.69. The van der Waals surface area contributed by atoms with Gasteiger partial charge in [0, 0.05) is 0 Å². The van der Waals surface area contributed by atoms with E-state index in [1.54, 1.807) is 0 Å². The molecule has 0 heterocycles. The van der Waals surface area contributed by atoms with Crippen LogP contribution in [0.2, 0.25) is 0 Å². The summed E-state index contributed by atoms with van der Waals surface area (Å²) in [5.41, 5.74) is -0.230. The van der Waals surface area contributed by atoms with Gasteiger partial charge in [-0.2, -0.15) is 0 Å². The van der Waals surface area contributed by atoms with E-state index >= 15 is 0 Å². The number of rotatable bonds is 4. The molecular formula is C30H52O4. The van der Waals surface area contributed by atoms with E-state index in [0.29, 0.717) is 5.92 Å². The largest absolute Gasteiger partial charge is 0.393 e. The van der Waals surface area contributed by atoms with Crippen LogP contribution in [-0.4, -0.2) is 44.3 Å². The fourth-order valence-electron chi connectivity index (χ4n) is 10.5. The molecule has 0 aliphatic heterocycles. The Hall–Kier alpha value is -0.420. The van der Waals surface area contributed by atoms with Crippen molar-refractivity contribution in [2.75, 3.05) is 0 Å². The molecule has 4 rings (SSSR count). The second kappa shape index (κ2) is 8.30. The number of allylic oxidation sites excluding steroid dienone is 2. The first-order valence-electron chi connectivity index (χ1n) is 13.9. The van der Waals surface area contributed by atoms with Crippen molar-refractivity contribution < 1.29 is 20.4 Å². The molecule has 4 aliphatic rings. The molecule has 0 bridgehead atoms. The quantitative estimate of drug-likeness (QED) is 0.406. The van der Waals surface area contributed by atoms with Gasteiger partial charge in [-0.3, -0.25) is 0 Å². The lowest BCUT2D eigenvalue weighted by molar-refractivity contribution is -0.274. The van der Waals surface area contributed by atoms with E-state index in [9.17, 15) is 20.4 Å². The molecule has 0 saturated heterocycles. The lowest BCUT2D eigenvalue weighted by atomic mass is 9.34. The van der Waals surface area contributed by atoms with Crippen LogP contribution in [-0.2, 0) is 0 Å². The van der Waals surface area contributed by atoms with Crippen molar-refractivity contribution in [3.05, 3.63) is 11.6 Å². The summed E-state index contributed by atoms with van der Waals surface area (Å²) in [5, 5.41) is 46.0. The maximum Gasteiger partial charge on any atom is 0.0654 e. The minimum Gasteiger partial charge on any atom is -0.393 e. The van der Waals surface area contributed by atoms with Crippen LogP contribution in [0.4, 0.5) is 0 Å². The van der Waals surface area contributed by atoms with Gasteiger partial charge in [-0.15, -0.1) is 0 Å². The third-order valence-electron chi connectivity index (χ3n) is 12.3. The molecule has 196 valence electrons. The van der Waals surface area contributed by atoms with E-state index in [0.717, 1.165) is 51.4 Å². The Morgan fingerprint density at radius 3 is 2.21 bits per heavy atom. The average Bonchev–Trinajstić information content (AvgIpc) is 3.07. The topological polar surface area (TPSA) is 80.9 Å². The molecule has 0 radical (unpaired) electrons. The van der Waals surface area contributed by atoms with Crippen LogP contribution in [0.5, 0.6) is 0 Å². The second-order valence-corrected chi connectivity index (χ2v) is 14.7. The van der Waals surface area contributed by atoms with E-state index < -0.39 is 23.9 Å². The van der Waals surface area contributed by atoms with Gasteiger partial charge in [0.2, 0.25) is 0 Å². The van der Waals surface area contributed by atoms with Crippen LogP contribution in [0.15, 0.2) is 11.6 Å². The minimum atomic E-state index is -0.810. The van der Waals surface area contributed by atoms with Gasteiger partial charge in [-0.25, -0.2) is 0 Å². The number of hydrogen-bond acceptors (Lipinski definition) is 4. The van der Waals surface area contributed by atoms with Crippen LogP contribution in [0.25, 0.3) is 0 Å². The number of hydrogen-bond donors (Lipinski definition) is 4. The van der Waals surface area contributed by atoms with E-state index in [1.165, 1.54) is 5.57 Å². The van der Waals surface area contributed by atoms with Gasteiger partial charge in [-0.1, -0.05) is 46.3 Å². The van der Waals surface area contributed by atoms with Crippen LogP contribution < -0.4 is 0 Å². The van der Waals surface area contributed by atoms with Crippen molar-refractivity contribution in [2.24, 2.45) is 45.3 Å². The van der Waals surface area contributed by atoms with Gasteiger partial charge < -0.3 is 20.4 Å². The molecule has 11 atom stereocenters. The summed E-state index contributed by atoms with van der Waals surface area (Å²) in [6.45, 7) is 17.5. The summed E-state index contributed by atoms with van der Waals surface area (Å²) in [4.78, 5) is 0. The zero-order valence-corrected chi connectivity index (χ0v) is 23.1. The highest BCUT2D eigenvalue weighted by molar-refractivity contribution is 5.21. The van der Waals surface area contributed by atoms with Crippen molar-refractivity contribution in [1.29, 1.82) is 0 Å². The predicted molar refractivity (Wildman–Crippen MR) is 137 cm³/mol. The van der Waals surface area contributed by atoms with Crippen LogP contribution in [0, 0.1) is 45.3 Å². The highest BCUT2D eigenvalue weighted by Crippen LogP contribution is 2.75. The molecule has 4 saturated carbocycles. The van der Waals surface area contributed by atoms with Crippen molar-refractivity contribution in [2.45, 2.75) is 131 Å². The first-order valence-corrected chi connectivity index (χ1v) is 13.9. The highest BCUT2D eigenvalue weighted by Gasteiger charge is 2.72. The fourth-order valence-corrected chi connectivity index (χ4v) is 10.5. The van der Waals surface area contributed by atoms with Gasteiger partial charge >= 0.3 is 0 Å². The normalized spacial score (nSPS) is 51.6.